The molecule has 2 heterocycles. The van der Waals surface area contributed by atoms with Crippen molar-refractivity contribution in [2.75, 3.05) is 5.32 Å². The molecular weight excluding hydrogens is 325 g/mol. The maximum atomic E-state index is 12.9. The molecule has 0 radical (unpaired) electrons. The van der Waals surface area contributed by atoms with Gasteiger partial charge in [0, 0.05) is 24.2 Å². The van der Waals surface area contributed by atoms with Gasteiger partial charge in [0.25, 0.3) is 0 Å². The number of halogens is 3. The standard InChI is InChI=1S/C15H17F3N4O2/c1-9-12(15(16,17)18)20-21(2)13(9)19-14(23)22(11-3-4-11)7-10-5-6-24-8-10/h5-6,8,11H,3-4,7H2,1-2H3,(H,19,23). The topological polar surface area (TPSA) is 63.3 Å². The van der Waals surface area contributed by atoms with E-state index in [0.29, 0.717) is 6.54 Å². The fourth-order valence-corrected chi connectivity index (χ4v) is 2.58. The maximum absolute atomic E-state index is 12.9. The number of carbonyl (C=O) groups is 1. The Morgan fingerprint density at radius 2 is 2.21 bits per heavy atom. The summed E-state index contributed by atoms with van der Waals surface area (Å²) in [7, 11) is 1.37. The summed E-state index contributed by atoms with van der Waals surface area (Å²) in [6, 6.07) is 1.40. The zero-order valence-electron chi connectivity index (χ0n) is 13.2. The number of aryl methyl sites for hydroxylation is 1. The highest BCUT2D eigenvalue weighted by Gasteiger charge is 2.38. The van der Waals surface area contributed by atoms with Crippen molar-refractivity contribution in [3.63, 3.8) is 0 Å². The van der Waals surface area contributed by atoms with Crippen LogP contribution in [0.5, 0.6) is 0 Å². The van der Waals surface area contributed by atoms with Crippen LogP contribution in [0.4, 0.5) is 23.8 Å². The fourth-order valence-electron chi connectivity index (χ4n) is 2.58. The number of hydrogen-bond donors (Lipinski definition) is 1. The maximum Gasteiger partial charge on any atom is 0.435 e. The molecule has 0 unspecified atom stereocenters. The van der Waals surface area contributed by atoms with Crippen molar-refractivity contribution in [2.45, 2.75) is 38.5 Å². The summed E-state index contributed by atoms with van der Waals surface area (Å²) < 4.78 is 44.8. The minimum absolute atomic E-state index is 0.0465. The first-order valence-electron chi connectivity index (χ1n) is 7.47. The number of hydrogen-bond acceptors (Lipinski definition) is 3. The number of alkyl halides is 3. The highest BCUT2D eigenvalue weighted by atomic mass is 19.4. The Labute approximate surface area is 136 Å². The van der Waals surface area contributed by atoms with Gasteiger partial charge in [-0.05, 0) is 25.8 Å². The van der Waals surface area contributed by atoms with Gasteiger partial charge in [-0.25, -0.2) is 4.79 Å². The Hall–Kier alpha value is -2.45. The zero-order valence-corrected chi connectivity index (χ0v) is 13.2. The molecule has 1 fully saturated rings. The highest BCUT2D eigenvalue weighted by molar-refractivity contribution is 5.89. The monoisotopic (exact) mass is 342 g/mol. The van der Waals surface area contributed by atoms with Crippen LogP contribution in [-0.4, -0.2) is 26.8 Å². The molecule has 0 bridgehead atoms. The van der Waals surface area contributed by atoms with Crippen molar-refractivity contribution < 1.29 is 22.4 Å². The van der Waals surface area contributed by atoms with Crippen molar-refractivity contribution in [3.8, 4) is 0 Å². The van der Waals surface area contributed by atoms with E-state index in [-0.39, 0.29) is 17.4 Å². The first-order chi connectivity index (χ1) is 11.3. The second-order valence-corrected chi connectivity index (χ2v) is 5.86. The molecule has 1 aliphatic carbocycles. The lowest BCUT2D eigenvalue weighted by molar-refractivity contribution is -0.141. The van der Waals surface area contributed by atoms with Gasteiger partial charge < -0.3 is 9.32 Å². The van der Waals surface area contributed by atoms with Crippen molar-refractivity contribution in [2.24, 2.45) is 7.05 Å². The lowest BCUT2D eigenvalue weighted by Crippen LogP contribution is -2.36. The molecule has 1 saturated carbocycles. The van der Waals surface area contributed by atoms with Gasteiger partial charge in [-0.1, -0.05) is 0 Å². The summed E-state index contributed by atoms with van der Waals surface area (Å²) in [5.41, 5.74) is -0.264. The van der Waals surface area contributed by atoms with Crippen molar-refractivity contribution >= 4 is 11.8 Å². The minimum Gasteiger partial charge on any atom is -0.472 e. The van der Waals surface area contributed by atoms with Gasteiger partial charge in [0.15, 0.2) is 5.69 Å². The molecule has 0 atom stereocenters. The van der Waals surface area contributed by atoms with E-state index in [1.54, 1.807) is 17.2 Å². The number of nitrogens with zero attached hydrogens (tertiary/aromatic N) is 3. The van der Waals surface area contributed by atoms with Crippen LogP contribution in [-0.2, 0) is 19.8 Å². The van der Waals surface area contributed by atoms with Gasteiger partial charge in [-0.15, -0.1) is 0 Å². The lowest BCUT2D eigenvalue weighted by Gasteiger charge is -2.22. The summed E-state index contributed by atoms with van der Waals surface area (Å²) in [6.45, 7) is 1.64. The van der Waals surface area contributed by atoms with Gasteiger partial charge in [0.1, 0.15) is 5.82 Å². The van der Waals surface area contributed by atoms with Crippen molar-refractivity contribution in [1.82, 2.24) is 14.7 Å². The molecule has 9 heteroatoms. The number of nitrogens with one attached hydrogen (secondary N) is 1. The second-order valence-electron chi connectivity index (χ2n) is 5.86. The molecule has 0 spiro atoms. The van der Waals surface area contributed by atoms with E-state index < -0.39 is 17.9 Å². The van der Waals surface area contributed by atoms with Crippen molar-refractivity contribution in [1.29, 1.82) is 0 Å². The van der Waals surface area contributed by atoms with E-state index in [1.165, 1.54) is 20.2 Å². The predicted molar refractivity (Wildman–Crippen MR) is 79.2 cm³/mol. The summed E-state index contributed by atoms with van der Waals surface area (Å²) in [5, 5.41) is 6.04. The lowest BCUT2D eigenvalue weighted by atomic mass is 10.2. The fraction of sp³-hybridized carbons (Fsp3) is 0.467. The van der Waals surface area contributed by atoms with Crippen LogP contribution >= 0.6 is 0 Å². The molecule has 130 valence electrons. The smallest absolute Gasteiger partial charge is 0.435 e. The Kier molecular flexibility index (Phi) is 4.02. The number of anilines is 1. The van der Waals surface area contributed by atoms with E-state index >= 15 is 0 Å². The minimum atomic E-state index is -4.56. The molecule has 2 amide bonds. The molecule has 0 aliphatic heterocycles. The molecule has 2 aromatic heterocycles. The first-order valence-corrected chi connectivity index (χ1v) is 7.47. The van der Waals surface area contributed by atoms with Gasteiger partial charge in [0.05, 0.1) is 19.1 Å². The molecule has 24 heavy (non-hydrogen) atoms. The Balaban J connectivity index is 1.79. The third-order valence-electron chi connectivity index (χ3n) is 3.96. The molecular formula is C15H17F3N4O2. The van der Waals surface area contributed by atoms with Crippen LogP contribution in [0.25, 0.3) is 0 Å². The number of furan rings is 1. The van der Waals surface area contributed by atoms with E-state index in [2.05, 4.69) is 10.4 Å². The number of aromatic nitrogens is 2. The van der Waals surface area contributed by atoms with Crippen LogP contribution in [0.3, 0.4) is 0 Å². The van der Waals surface area contributed by atoms with E-state index in [4.69, 9.17) is 4.42 Å². The highest BCUT2D eigenvalue weighted by Crippen LogP contribution is 2.34. The van der Waals surface area contributed by atoms with Crippen LogP contribution < -0.4 is 5.32 Å². The molecule has 2 aromatic rings. The SMILES string of the molecule is Cc1c(C(F)(F)F)nn(C)c1NC(=O)N(Cc1ccoc1)C1CC1. The second kappa shape index (κ2) is 5.88. The molecule has 0 aromatic carbocycles. The Morgan fingerprint density at radius 3 is 2.71 bits per heavy atom. The quantitative estimate of drug-likeness (QED) is 0.924. The molecule has 3 rings (SSSR count). The largest absolute Gasteiger partial charge is 0.472 e. The summed E-state index contributed by atoms with van der Waals surface area (Å²) in [6.07, 6.45) is 0.254. The Morgan fingerprint density at radius 1 is 1.50 bits per heavy atom. The van der Waals surface area contributed by atoms with Gasteiger partial charge in [-0.2, -0.15) is 18.3 Å². The van der Waals surface area contributed by atoms with E-state index in [9.17, 15) is 18.0 Å². The molecule has 0 saturated heterocycles. The van der Waals surface area contributed by atoms with Gasteiger partial charge in [0.2, 0.25) is 0 Å². The molecule has 1 aliphatic rings. The summed E-state index contributed by atoms with van der Waals surface area (Å²) in [5.74, 6) is 0.0465. The third-order valence-corrected chi connectivity index (χ3v) is 3.96. The van der Waals surface area contributed by atoms with E-state index in [1.807, 2.05) is 0 Å². The van der Waals surface area contributed by atoms with Crippen LogP contribution in [0.2, 0.25) is 0 Å². The Bertz CT molecular complexity index is 733. The van der Waals surface area contributed by atoms with Crippen LogP contribution in [0.15, 0.2) is 23.0 Å². The molecule has 6 nitrogen and oxygen atoms in total. The number of urea groups is 1. The number of amides is 2. The third kappa shape index (κ3) is 3.24. The summed E-state index contributed by atoms with van der Waals surface area (Å²) >= 11 is 0. The average Bonchev–Trinajstić information content (AvgIpc) is 3.13. The van der Waals surface area contributed by atoms with Crippen LogP contribution in [0.1, 0.15) is 29.7 Å². The van der Waals surface area contributed by atoms with Gasteiger partial charge in [-0.3, -0.25) is 10.00 Å². The van der Waals surface area contributed by atoms with E-state index in [0.717, 1.165) is 23.1 Å². The predicted octanol–water partition coefficient (Wildman–Crippen LogP) is 3.54. The van der Waals surface area contributed by atoms with Gasteiger partial charge >= 0.3 is 12.2 Å². The normalized spacial score (nSPS) is 14.7. The zero-order chi connectivity index (χ0) is 17.5. The molecule has 1 N–H and O–H groups in total. The number of carbonyl (C=O) groups excluding carboxylic acids is 1. The summed E-state index contributed by atoms with van der Waals surface area (Å²) in [4.78, 5) is 14.1. The van der Waals surface area contributed by atoms with Crippen LogP contribution in [0, 0.1) is 6.92 Å². The van der Waals surface area contributed by atoms with Crippen molar-refractivity contribution in [3.05, 3.63) is 35.4 Å². The number of rotatable bonds is 4. The average molecular weight is 342 g/mol. The first kappa shape index (κ1) is 16.4.